The normalized spacial score (nSPS) is 24.3. The van der Waals surface area contributed by atoms with E-state index in [1.54, 1.807) is 0 Å². The van der Waals surface area contributed by atoms with Crippen LogP contribution in [0.15, 0.2) is 0 Å². The molecule has 1 fully saturated rings. The van der Waals surface area contributed by atoms with Crippen molar-refractivity contribution in [3.63, 3.8) is 0 Å². The first-order valence-corrected chi connectivity index (χ1v) is 9.04. The molecule has 130 valence electrons. The first-order valence-electron chi connectivity index (χ1n) is 9.04. The van der Waals surface area contributed by atoms with E-state index in [0.717, 1.165) is 13.0 Å². The second-order valence-corrected chi connectivity index (χ2v) is 9.40. The fourth-order valence-corrected chi connectivity index (χ4v) is 3.39. The van der Waals surface area contributed by atoms with Crippen LogP contribution in [0.5, 0.6) is 0 Å². The molecule has 0 radical (unpaired) electrons. The molecule has 0 aliphatic carbocycles. The molecule has 22 heavy (non-hydrogen) atoms. The van der Waals surface area contributed by atoms with Crippen LogP contribution in [0.3, 0.4) is 0 Å². The molecule has 1 N–H and O–H groups in total. The molecule has 1 rings (SSSR count). The summed E-state index contributed by atoms with van der Waals surface area (Å²) in [6.45, 7) is 18.6. The van der Waals surface area contributed by atoms with Crippen LogP contribution in [0.1, 0.15) is 74.1 Å². The number of nitrogens with one attached hydrogen (secondary N) is 1. The van der Waals surface area contributed by atoms with Gasteiger partial charge in [-0.1, -0.05) is 54.9 Å². The van der Waals surface area contributed by atoms with Gasteiger partial charge in [0.2, 0.25) is 5.91 Å². The van der Waals surface area contributed by atoms with E-state index >= 15 is 0 Å². The van der Waals surface area contributed by atoms with Crippen molar-refractivity contribution in [2.24, 2.45) is 16.7 Å². The van der Waals surface area contributed by atoms with Gasteiger partial charge in [0, 0.05) is 24.5 Å². The topological polar surface area (TPSA) is 32.3 Å². The molecule has 3 nitrogen and oxygen atoms in total. The minimum atomic E-state index is -0.300. The van der Waals surface area contributed by atoms with E-state index in [9.17, 15) is 4.79 Å². The summed E-state index contributed by atoms with van der Waals surface area (Å²) in [6.07, 6.45) is 4.85. The standard InChI is InChI=1S/C19H38N2O/c1-8-9-10-21-13-15(12-18(2,3)4)11-16(14-21)20-17(22)19(5,6)7/h15-16H,8-14H2,1-7H3,(H,20,22). The number of hydrogen-bond acceptors (Lipinski definition) is 2. The van der Waals surface area contributed by atoms with Crippen LogP contribution in [0.2, 0.25) is 0 Å². The second kappa shape index (κ2) is 7.81. The molecular formula is C19H38N2O. The summed E-state index contributed by atoms with van der Waals surface area (Å²) in [5.74, 6) is 0.875. The Labute approximate surface area is 138 Å². The van der Waals surface area contributed by atoms with E-state index in [0.29, 0.717) is 17.4 Å². The fraction of sp³-hybridized carbons (Fsp3) is 0.947. The predicted molar refractivity (Wildman–Crippen MR) is 94.9 cm³/mol. The van der Waals surface area contributed by atoms with Crippen molar-refractivity contribution in [2.75, 3.05) is 19.6 Å². The summed E-state index contributed by atoms with van der Waals surface area (Å²) in [7, 11) is 0. The van der Waals surface area contributed by atoms with Crippen LogP contribution in [0.25, 0.3) is 0 Å². The molecule has 1 aliphatic rings. The largest absolute Gasteiger partial charge is 0.352 e. The number of nitrogens with zero attached hydrogens (tertiary/aromatic N) is 1. The molecule has 0 spiro atoms. The highest BCUT2D eigenvalue weighted by atomic mass is 16.2. The van der Waals surface area contributed by atoms with Crippen molar-refractivity contribution in [1.82, 2.24) is 10.2 Å². The minimum Gasteiger partial charge on any atom is -0.352 e. The van der Waals surface area contributed by atoms with Gasteiger partial charge in [0.05, 0.1) is 0 Å². The lowest BCUT2D eigenvalue weighted by atomic mass is 9.79. The zero-order chi connectivity index (χ0) is 17.0. The molecule has 0 aromatic heterocycles. The van der Waals surface area contributed by atoms with E-state index < -0.39 is 0 Å². The Balaban J connectivity index is 2.68. The highest BCUT2D eigenvalue weighted by Gasteiger charge is 2.32. The summed E-state index contributed by atoms with van der Waals surface area (Å²) in [6, 6.07) is 0.310. The van der Waals surface area contributed by atoms with Crippen LogP contribution in [-0.2, 0) is 4.79 Å². The van der Waals surface area contributed by atoms with Gasteiger partial charge in [0.15, 0.2) is 0 Å². The lowest BCUT2D eigenvalue weighted by molar-refractivity contribution is -0.129. The molecule has 0 saturated carbocycles. The van der Waals surface area contributed by atoms with Crippen molar-refractivity contribution in [1.29, 1.82) is 0 Å². The van der Waals surface area contributed by atoms with Crippen LogP contribution in [0, 0.1) is 16.7 Å². The molecule has 3 heteroatoms. The Hall–Kier alpha value is -0.570. The van der Waals surface area contributed by atoms with E-state index in [-0.39, 0.29) is 11.3 Å². The zero-order valence-corrected chi connectivity index (χ0v) is 16.0. The van der Waals surface area contributed by atoms with Gasteiger partial charge in [0.1, 0.15) is 0 Å². The van der Waals surface area contributed by atoms with E-state index in [1.165, 1.54) is 32.4 Å². The molecule has 2 atom stereocenters. The molecule has 0 aromatic carbocycles. The van der Waals surface area contributed by atoms with Crippen molar-refractivity contribution in [3.8, 4) is 0 Å². The van der Waals surface area contributed by atoms with Gasteiger partial charge in [-0.25, -0.2) is 0 Å². The molecule has 1 aliphatic heterocycles. The maximum Gasteiger partial charge on any atom is 0.225 e. The molecule has 0 bridgehead atoms. The van der Waals surface area contributed by atoms with Crippen LogP contribution in [0.4, 0.5) is 0 Å². The Kier molecular flexibility index (Phi) is 6.91. The average molecular weight is 311 g/mol. The van der Waals surface area contributed by atoms with E-state index in [2.05, 4.69) is 37.9 Å². The number of hydrogen-bond donors (Lipinski definition) is 1. The molecule has 1 saturated heterocycles. The first kappa shape index (κ1) is 19.5. The Morgan fingerprint density at radius 2 is 1.77 bits per heavy atom. The lowest BCUT2D eigenvalue weighted by Gasteiger charge is -2.41. The molecular weight excluding hydrogens is 272 g/mol. The first-order chi connectivity index (χ1) is 10.0. The zero-order valence-electron chi connectivity index (χ0n) is 16.0. The fourth-order valence-electron chi connectivity index (χ4n) is 3.39. The van der Waals surface area contributed by atoms with Gasteiger partial charge >= 0.3 is 0 Å². The lowest BCUT2D eigenvalue weighted by Crippen LogP contribution is -2.53. The van der Waals surface area contributed by atoms with Crippen LogP contribution in [-0.4, -0.2) is 36.5 Å². The summed E-state index contributed by atoms with van der Waals surface area (Å²) in [4.78, 5) is 14.9. The van der Waals surface area contributed by atoms with Gasteiger partial charge in [-0.3, -0.25) is 4.79 Å². The van der Waals surface area contributed by atoms with Gasteiger partial charge in [-0.15, -0.1) is 0 Å². The van der Waals surface area contributed by atoms with E-state index in [4.69, 9.17) is 0 Å². The molecule has 1 amide bonds. The third kappa shape index (κ3) is 7.13. The van der Waals surface area contributed by atoms with Gasteiger partial charge in [0.25, 0.3) is 0 Å². The predicted octanol–water partition coefficient (Wildman–Crippen LogP) is 4.08. The highest BCUT2D eigenvalue weighted by molar-refractivity contribution is 5.81. The van der Waals surface area contributed by atoms with Crippen LogP contribution < -0.4 is 5.32 Å². The molecule has 1 heterocycles. The van der Waals surface area contributed by atoms with Gasteiger partial charge in [-0.2, -0.15) is 0 Å². The van der Waals surface area contributed by atoms with Crippen molar-refractivity contribution in [2.45, 2.75) is 80.2 Å². The van der Waals surface area contributed by atoms with E-state index in [1.807, 2.05) is 20.8 Å². The monoisotopic (exact) mass is 310 g/mol. The Morgan fingerprint density at radius 3 is 2.27 bits per heavy atom. The average Bonchev–Trinajstić information content (AvgIpc) is 2.32. The molecule has 0 aromatic rings. The Morgan fingerprint density at radius 1 is 1.14 bits per heavy atom. The summed E-state index contributed by atoms with van der Waals surface area (Å²) >= 11 is 0. The Bertz CT molecular complexity index is 351. The van der Waals surface area contributed by atoms with Crippen molar-refractivity contribution >= 4 is 5.91 Å². The number of carbonyl (C=O) groups excluding carboxylic acids is 1. The van der Waals surface area contributed by atoms with Crippen molar-refractivity contribution < 1.29 is 4.79 Å². The SMILES string of the molecule is CCCCN1CC(CC(C)(C)C)CC(NC(=O)C(C)(C)C)C1. The minimum absolute atomic E-state index is 0.185. The number of amides is 1. The maximum atomic E-state index is 12.3. The van der Waals surface area contributed by atoms with Crippen molar-refractivity contribution in [3.05, 3.63) is 0 Å². The number of unbranched alkanes of at least 4 members (excludes halogenated alkanes) is 1. The second-order valence-electron chi connectivity index (χ2n) is 9.40. The number of rotatable bonds is 5. The third-order valence-corrected chi connectivity index (χ3v) is 4.36. The molecule has 2 unspecified atom stereocenters. The summed E-state index contributed by atoms with van der Waals surface area (Å²) < 4.78 is 0. The quantitative estimate of drug-likeness (QED) is 0.830. The number of carbonyl (C=O) groups is 1. The van der Waals surface area contributed by atoms with Gasteiger partial charge in [-0.05, 0) is 37.1 Å². The maximum absolute atomic E-state index is 12.3. The smallest absolute Gasteiger partial charge is 0.225 e. The third-order valence-electron chi connectivity index (χ3n) is 4.36. The van der Waals surface area contributed by atoms with Crippen LogP contribution >= 0.6 is 0 Å². The summed E-state index contributed by atoms with van der Waals surface area (Å²) in [5, 5.41) is 3.30. The summed E-state index contributed by atoms with van der Waals surface area (Å²) in [5.41, 5.74) is 0.0578. The number of likely N-dealkylation sites (tertiary alicyclic amines) is 1. The highest BCUT2D eigenvalue weighted by Crippen LogP contribution is 2.30. The number of piperidine rings is 1. The van der Waals surface area contributed by atoms with Gasteiger partial charge < -0.3 is 10.2 Å².